The number of anilines is 1. The summed E-state index contributed by atoms with van der Waals surface area (Å²) in [7, 11) is 1.94. The summed E-state index contributed by atoms with van der Waals surface area (Å²) < 4.78 is 1.04. The summed E-state index contributed by atoms with van der Waals surface area (Å²) in [5.41, 5.74) is 2.53. The highest BCUT2D eigenvalue weighted by atomic mass is 79.9. The molecule has 98 valence electrons. The second-order valence-corrected chi connectivity index (χ2v) is 5.60. The van der Waals surface area contributed by atoms with Crippen molar-refractivity contribution in [2.24, 2.45) is 0 Å². The maximum Gasteiger partial charge on any atom is 0.153 e. The van der Waals surface area contributed by atoms with Gasteiger partial charge in [0.05, 0.1) is 10.6 Å². The van der Waals surface area contributed by atoms with E-state index >= 15 is 0 Å². The Morgan fingerprint density at radius 2 is 2.00 bits per heavy atom. The highest BCUT2D eigenvalue weighted by molar-refractivity contribution is 9.10. The summed E-state index contributed by atoms with van der Waals surface area (Å²) >= 11 is 9.49. The van der Waals surface area contributed by atoms with Crippen LogP contribution in [0.5, 0.6) is 0 Å². The molecule has 0 aromatic heterocycles. The smallest absolute Gasteiger partial charge is 0.153 e. The summed E-state index contributed by atoms with van der Waals surface area (Å²) in [5.74, 6) is 0. The molecule has 0 aliphatic heterocycles. The monoisotopic (exact) mass is 337 g/mol. The molecule has 19 heavy (non-hydrogen) atoms. The fourth-order valence-electron chi connectivity index (χ4n) is 1.97. The van der Waals surface area contributed by atoms with Gasteiger partial charge in [-0.15, -0.1) is 0 Å². The molecule has 0 atom stereocenters. The third kappa shape index (κ3) is 3.37. The van der Waals surface area contributed by atoms with Gasteiger partial charge in [-0.25, -0.2) is 0 Å². The van der Waals surface area contributed by atoms with Gasteiger partial charge in [0.2, 0.25) is 0 Å². The highest BCUT2D eigenvalue weighted by Crippen LogP contribution is 2.26. The molecule has 0 aliphatic carbocycles. The largest absolute Gasteiger partial charge is 0.370 e. The highest BCUT2D eigenvalue weighted by Gasteiger charge is 2.10. The normalized spacial score (nSPS) is 10.3. The molecule has 2 aromatic carbocycles. The minimum atomic E-state index is 0.480. The number of hydrogen-bond donors (Lipinski definition) is 0. The van der Waals surface area contributed by atoms with Crippen LogP contribution in [-0.4, -0.2) is 13.3 Å². The molecule has 0 aliphatic rings. The molecule has 0 heterocycles. The van der Waals surface area contributed by atoms with Gasteiger partial charge in [-0.3, -0.25) is 4.79 Å². The van der Waals surface area contributed by atoms with Crippen molar-refractivity contribution >= 4 is 39.5 Å². The van der Waals surface area contributed by atoms with Crippen LogP contribution >= 0.6 is 27.5 Å². The Labute approximate surface area is 126 Å². The average molecular weight is 339 g/mol. The van der Waals surface area contributed by atoms with Gasteiger partial charge in [0.15, 0.2) is 6.29 Å². The number of aldehydes is 1. The lowest BCUT2D eigenvalue weighted by atomic mass is 10.1. The zero-order valence-corrected chi connectivity index (χ0v) is 12.8. The number of rotatable bonds is 4. The molecule has 2 rings (SSSR count). The molecule has 0 saturated heterocycles. The summed E-state index contributed by atoms with van der Waals surface area (Å²) in [6.07, 6.45) is 0.801. The van der Waals surface area contributed by atoms with Crippen LogP contribution in [0.1, 0.15) is 15.9 Å². The number of hydrogen-bond acceptors (Lipinski definition) is 2. The molecule has 0 unspecified atom stereocenters. The van der Waals surface area contributed by atoms with Crippen LogP contribution in [-0.2, 0) is 6.54 Å². The van der Waals surface area contributed by atoms with E-state index in [1.807, 2.05) is 42.3 Å². The van der Waals surface area contributed by atoms with Crippen LogP contribution in [0.2, 0.25) is 5.02 Å². The summed E-state index contributed by atoms with van der Waals surface area (Å²) in [6, 6.07) is 13.6. The fourth-order valence-corrected chi connectivity index (χ4v) is 2.63. The van der Waals surface area contributed by atoms with Crippen molar-refractivity contribution in [2.75, 3.05) is 11.9 Å². The molecule has 2 nitrogen and oxygen atoms in total. The van der Waals surface area contributed by atoms with E-state index in [0.29, 0.717) is 17.1 Å². The molecule has 0 amide bonds. The molecule has 0 saturated carbocycles. The minimum Gasteiger partial charge on any atom is -0.370 e. The Balaban J connectivity index is 2.27. The molecule has 4 heteroatoms. The van der Waals surface area contributed by atoms with E-state index in [-0.39, 0.29) is 0 Å². The van der Waals surface area contributed by atoms with Crippen molar-refractivity contribution < 1.29 is 4.79 Å². The van der Waals surface area contributed by atoms with Gasteiger partial charge in [0.25, 0.3) is 0 Å². The molecule has 2 aromatic rings. The van der Waals surface area contributed by atoms with E-state index in [2.05, 4.69) is 22.0 Å². The Bertz CT molecular complexity index is 600. The standard InChI is InChI=1S/C15H13BrClNO/c1-18(9-11-4-2-5-12(16)8-11)15-7-3-6-14(17)13(15)10-19/h2-8,10H,9H2,1H3. The van der Waals surface area contributed by atoms with Gasteiger partial charge >= 0.3 is 0 Å². The van der Waals surface area contributed by atoms with Crippen LogP contribution in [0.4, 0.5) is 5.69 Å². The van der Waals surface area contributed by atoms with Crippen LogP contribution in [0.25, 0.3) is 0 Å². The van der Waals surface area contributed by atoms with Crippen LogP contribution in [0.3, 0.4) is 0 Å². The van der Waals surface area contributed by atoms with E-state index in [4.69, 9.17) is 11.6 Å². The molecule has 0 N–H and O–H groups in total. The first-order valence-corrected chi connectivity index (χ1v) is 6.98. The minimum absolute atomic E-state index is 0.480. The van der Waals surface area contributed by atoms with Gasteiger partial charge in [0, 0.05) is 23.8 Å². The second kappa shape index (κ2) is 6.22. The van der Waals surface area contributed by atoms with Gasteiger partial charge < -0.3 is 4.90 Å². The van der Waals surface area contributed by atoms with E-state index < -0.39 is 0 Å². The molecular formula is C15H13BrClNO. The first-order chi connectivity index (χ1) is 9.11. The fraction of sp³-hybridized carbons (Fsp3) is 0.133. The van der Waals surface area contributed by atoms with Crippen LogP contribution in [0.15, 0.2) is 46.9 Å². The lowest BCUT2D eigenvalue weighted by molar-refractivity contribution is 0.112. The van der Waals surface area contributed by atoms with Crippen molar-refractivity contribution in [1.29, 1.82) is 0 Å². The molecular weight excluding hydrogens is 326 g/mol. The summed E-state index contributed by atoms with van der Waals surface area (Å²) in [4.78, 5) is 13.2. The number of halogens is 2. The third-order valence-corrected chi connectivity index (χ3v) is 3.69. The maximum absolute atomic E-state index is 11.1. The summed E-state index contributed by atoms with van der Waals surface area (Å²) in [6.45, 7) is 0.709. The third-order valence-electron chi connectivity index (χ3n) is 2.87. The number of carbonyl (C=O) groups is 1. The number of nitrogens with zero attached hydrogens (tertiary/aromatic N) is 1. The zero-order valence-electron chi connectivity index (χ0n) is 10.4. The predicted molar refractivity (Wildman–Crippen MR) is 83.1 cm³/mol. The van der Waals surface area contributed by atoms with Gasteiger partial charge in [-0.1, -0.05) is 45.7 Å². The molecule has 0 bridgehead atoms. The number of carbonyl (C=O) groups excluding carboxylic acids is 1. The topological polar surface area (TPSA) is 20.3 Å². The second-order valence-electron chi connectivity index (χ2n) is 4.28. The van der Waals surface area contributed by atoms with Gasteiger partial charge in [-0.2, -0.15) is 0 Å². The Kier molecular flexibility index (Phi) is 4.61. The van der Waals surface area contributed by atoms with Crippen molar-refractivity contribution in [2.45, 2.75) is 6.54 Å². The van der Waals surface area contributed by atoms with Crippen LogP contribution < -0.4 is 4.90 Å². The quantitative estimate of drug-likeness (QED) is 0.762. The van der Waals surface area contributed by atoms with Gasteiger partial charge in [-0.05, 0) is 29.8 Å². The first-order valence-electron chi connectivity index (χ1n) is 5.81. The first kappa shape index (κ1) is 14.1. The summed E-state index contributed by atoms with van der Waals surface area (Å²) in [5, 5.41) is 0.480. The van der Waals surface area contributed by atoms with Gasteiger partial charge in [0.1, 0.15) is 0 Å². The average Bonchev–Trinajstić information content (AvgIpc) is 2.38. The Hall–Kier alpha value is -1.32. The molecule has 0 fully saturated rings. The van der Waals surface area contributed by atoms with E-state index in [1.54, 1.807) is 6.07 Å². The van der Waals surface area contributed by atoms with Crippen molar-refractivity contribution in [3.05, 3.63) is 63.1 Å². The maximum atomic E-state index is 11.1. The predicted octanol–water partition coefficient (Wildman–Crippen LogP) is 4.55. The Morgan fingerprint density at radius 1 is 1.26 bits per heavy atom. The lowest BCUT2D eigenvalue weighted by Gasteiger charge is -2.21. The molecule has 0 radical (unpaired) electrons. The molecule has 0 spiro atoms. The van der Waals surface area contributed by atoms with E-state index in [0.717, 1.165) is 22.0 Å². The van der Waals surface area contributed by atoms with Crippen molar-refractivity contribution in [3.8, 4) is 0 Å². The number of benzene rings is 2. The lowest BCUT2D eigenvalue weighted by Crippen LogP contribution is -2.18. The SMILES string of the molecule is CN(Cc1cccc(Br)c1)c1cccc(Cl)c1C=O. The van der Waals surface area contributed by atoms with Crippen LogP contribution in [0, 0.1) is 0 Å². The van der Waals surface area contributed by atoms with Crippen molar-refractivity contribution in [1.82, 2.24) is 0 Å². The Morgan fingerprint density at radius 3 is 2.68 bits per heavy atom. The van der Waals surface area contributed by atoms with E-state index in [9.17, 15) is 4.79 Å². The van der Waals surface area contributed by atoms with E-state index in [1.165, 1.54) is 0 Å². The van der Waals surface area contributed by atoms with Crippen molar-refractivity contribution in [3.63, 3.8) is 0 Å². The zero-order chi connectivity index (χ0) is 13.8.